The molecule has 0 radical (unpaired) electrons. The van der Waals surface area contributed by atoms with Gasteiger partial charge in [0.15, 0.2) is 0 Å². The first-order valence-corrected chi connectivity index (χ1v) is 9.96. The first-order valence-electron chi connectivity index (χ1n) is 9.96. The van der Waals surface area contributed by atoms with E-state index in [1.165, 1.54) is 18.4 Å². The van der Waals surface area contributed by atoms with Gasteiger partial charge in [-0.2, -0.15) is 0 Å². The standard InChI is InChI=1S/C22H23N5O/c1-2-10-23-21(28)19-13-18-20(27(19)22-24-11-5-12-25-22)16-6-3-4-7-17(16)26(18)14-15-8-9-15/h3-7,11-13,15H,2,8-10,14H2,1H3,(H,23,28). The molecular formula is C22H23N5O. The van der Waals surface area contributed by atoms with Gasteiger partial charge in [-0.25, -0.2) is 9.97 Å². The number of aromatic nitrogens is 4. The smallest absolute Gasteiger partial charge is 0.268 e. The van der Waals surface area contributed by atoms with Crippen molar-refractivity contribution < 1.29 is 4.79 Å². The number of carbonyl (C=O) groups is 1. The lowest BCUT2D eigenvalue weighted by atomic mass is 10.2. The topological polar surface area (TPSA) is 64.7 Å². The van der Waals surface area contributed by atoms with Gasteiger partial charge in [-0.3, -0.25) is 9.36 Å². The Labute approximate surface area is 163 Å². The van der Waals surface area contributed by atoms with Crippen molar-refractivity contribution in [3.05, 3.63) is 54.5 Å². The van der Waals surface area contributed by atoms with Crippen LogP contribution >= 0.6 is 0 Å². The Kier molecular flexibility index (Phi) is 4.11. The second-order valence-corrected chi connectivity index (χ2v) is 7.47. The van der Waals surface area contributed by atoms with Crippen LogP contribution in [-0.2, 0) is 6.54 Å². The van der Waals surface area contributed by atoms with E-state index in [1.54, 1.807) is 18.5 Å². The van der Waals surface area contributed by atoms with Crippen LogP contribution in [0.1, 0.15) is 36.7 Å². The number of nitrogens with zero attached hydrogens (tertiary/aromatic N) is 4. The fraction of sp³-hybridized carbons (Fsp3) is 0.318. The summed E-state index contributed by atoms with van der Waals surface area (Å²) in [6, 6.07) is 12.2. The van der Waals surface area contributed by atoms with Crippen LogP contribution in [0.3, 0.4) is 0 Å². The maximum Gasteiger partial charge on any atom is 0.268 e. The minimum atomic E-state index is -0.0902. The normalized spacial score (nSPS) is 14.0. The van der Waals surface area contributed by atoms with Crippen molar-refractivity contribution in [1.29, 1.82) is 0 Å². The van der Waals surface area contributed by atoms with Gasteiger partial charge in [0.2, 0.25) is 5.95 Å². The number of rotatable bonds is 6. The number of amides is 1. The van der Waals surface area contributed by atoms with Gasteiger partial charge in [-0.1, -0.05) is 25.1 Å². The van der Waals surface area contributed by atoms with Crippen molar-refractivity contribution in [3.63, 3.8) is 0 Å². The van der Waals surface area contributed by atoms with E-state index in [0.29, 0.717) is 18.2 Å². The van der Waals surface area contributed by atoms with E-state index >= 15 is 0 Å². The zero-order valence-corrected chi connectivity index (χ0v) is 15.9. The summed E-state index contributed by atoms with van der Waals surface area (Å²) >= 11 is 0. The van der Waals surface area contributed by atoms with Gasteiger partial charge in [-0.15, -0.1) is 0 Å². The SMILES string of the molecule is CCCNC(=O)c1cc2c(c3ccccc3n2CC2CC2)n1-c1ncccn1. The Morgan fingerprint density at radius 1 is 1.14 bits per heavy atom. The molecule has 0 bridgehead atoms. The van der Waals surface area contributed by atoms with Crippen LogP contribution in [-0.4, -0.2) is 31.6 Å². The molecule has 3 aromatic heterocycles. The average molecular weight is 373 g/mol. The van der Waals surface area contributed by atoms with E-state index in [-0.39, 0.29) is 5.91 Å². The molecule has 1 aliphatic carbocycles. The van der Waals surface area contributed by atoms with Crippen LogP contribution in [0.25, 0.3) is 27.9 Å². The van der Waals surface area contributed by atoms with Gasteiger partial charge in [0.05, 0.1) is 16.6 Å². The number of hydrogen-bond donors (Lipinski definition) is 1. The number of fused-ring (bicyclic) bond motifs is 3. The lowest BCUT2D eigenvalue weighted by Crippen LogP contribution is -2.26. The highest BCUT2D eigenvalue weighted by Crippen LogP contribution is 2.37. The van der Waals surface area contributed by atoms with Crippen LogP contribution in [0, 0.1) is 5.92 Å². The summed E-state index contributed by atoms with van der Waals surface area (Å²) in [5, 5.41) is 4.13. The van der Waals surface area contributed by atoms with Crippen molar-refractivity contribution >= 4 is 27.8 Å². The van der Waals surface area contributed by atoms with Crippen LogP contribution in [0.5, 0.6) is 0 Å². The van der Waals surface area contributed by atoms with Crippen molar-refractivity contribution in [2.75, 3.05) is 6.54 Å². The zero-order chi connectivity index (χ0) is 19.1. The highest BCUT2D eigenvalue weighted by molar-refractivity contribution is 6.10. The quantitative estimate of drug-likeness (QED) is 0.557. The van der Waals surface area contributed by atoms with Crippen molar-refractivity contribution in [3.8, 4) is 5.95 Å². The molecule has 0 spiro atoms. The molecule has 1 N–H and O–H groups in total. The Morgan fingerprint density at radius 3 is 2.68 bits per heavy atom. The summed E-state index contributed by atoms with van der Waals surface area (Å²) < 4.78 is 4.27. The number of benzene rings is 1. The molecule has 0 atom stereocenters. The summed E-state index contributed by atoms with van der Waals surface area (Å²) in [6.07, 6.45) is 6.88. The molecule has 0 saturated heterocycles. The third-order valence-electron chi connectivity index (χ3n) is 5.38. The van der Waals surface area contributed by atoms with Crippen LogP contribution < -0.4 is 5.32 Å². The lowest BCUT2D eigenvalue weighted by molar-refractivity contribution is 0.0947. The lowest BCUT2D eigenvalue weighted by Gasteiger charge is -2.09. The monoisotopic (exact) mass is 373 g/mol. The van der Waals surface area contributed by atoms with E-state index in [9.17, 15) is 4.79 Å². The third-order valence-corrected chi connectivity index (χ3v) is 5.38. The molecule has 1 fully saturated rings. The van der Waals surface area contributed by atoms with Crippen LogP contribution in [0.15, 0.2) is 48.8 Å². The molecule has 1 amide bonds. The van der Waals surface area contributed by atoms with Crippen LogP contribution in [0.4, 0.5) is 0 Å². The number of para-hydroxylation sites is 1. The molecule has 5 rings (SSSR count). The van der Waals surface area contributed by atoms with Crippen molar-refractivity contribution in [2.24, 2.45) is 5.92 Å². The van der Waals surface area contributed by atoms with E-state index < -0.39 is 0 Å². The molecule has 142 valence electrons. The van der Waals surface area contributed by atoms with Gasteiger partial charge in [0, 0.05) is 30.9 Å². The van der Waals surface area contributed by atoms with Gasteiger partial charge >= 0.3 is 0 Å². The summed E-state index contributed by atoms with van der Waals surface area (Å²) in [7, 11) is 0. The Bertz CT molecular complexity index is 1150. The van der Waals surface area contributed by atoms with Gasteiger partial charge in [-0.05, 0) is 43.4 Å². The van der Waals surface area contributed by atoms with Gasteiger partial charge in [0.1, 0.15) is 5.69 Å². The molecule has 6 nitrogen and oxygen atoms in total. The van der Waals surface area contributed by atoms with E-state index in [0.717, 1.165) is 35.3 Å². The fourth-order valence-electron chi connectivity index (χ4n) is 3.87. The Morgan fingerprint density at radius 2 is 1.93 bits per heavy atom. The minimum absolute atomic E-state index is 0.0902. The van der Waals surface area contributed by atoms with E-state index in [4.69, 9.17) is 0 Å². The maximum absolute atomic E-state index is 13.0. The maximum atomic E-state index is 13.0. The van der Waals surface area contributed by atoms with E-state index in [1.807, 2.05) is 23.6 Å². The highest BCUT2D eigenvalue weighted by atomic mass is 16.1. The number of nitrogens with one attached hydrogen (secondary N) is 1. The summed E-state index contributed by atoms with van der Waals surface area (Å²) in [5.74, 6) is 1.16. The first-order chi connectivity index (χ1) is 13.8. The number of hydrogen-bond acceptors (Lipinski definition) is 3. The summed E-state index contributed by atoms with van der Waals surface area (Å²) in [5.41, 5.74) is 3.86. The predicted octanol–water partition coefficient (Wildman–Crippen LogP) is 3.93. The molecule has 1 aliphatic rings. The van der Waals surface area contributed by atoms with Gasteiger partial charge < -0.3 is 9.88 Å². The predicted molar refractivity (Wildman–Crippen MR) is 110 cm³/mol. The van der Waals surface area contributed by atoms with Crippen molar-refractivity contribution in [2.45, 2.75) is 32.7 Å². The summed E-state index contributed by atoms with van der Waals surface area (Å²) in [4.78, 5) is 21.8. The summed E-state index contributed by atoms with van der Waals surface area (Å²) in [6.45, 7) is 3.68. The molecular weight excluding hydrogens is 350 g/mol. The number of carbonyl (C=O) groups excluding carboxylic acids is 1. The highest BCUT2D eigenvalue weighted by Gasteiger charge is 2.27. The molecule has 0 unspecified atom stereocenters. The minimum Gasteiger partial charge on any atom is -0.351 e. The Hall–Kier alpha value is -3.15. The van der Waals surface area contributed by atoms with E-state index in [2.05, 4.69) is 38.1 Å². The van der Waals surface area contributed by atoms with Crippen molar-refractivity contribution in [1.82, 2.24) is 24.4 Å². The zero-order valence-electron chi connectivity index (χ0n) is 15.9. The molecule has 1 aromatic carbocycles. The molecule has 1 saturated carbocycles. The molecule has 6 heteroatoms. The molecule has 28 heavy (non-hydrogen) atoms. The second kappa shape index (κ2) is 6.78. The average Bonchev–Trinajstić information content (AvgIpc) is 3.40. The largest absolute Gasteiger partial charge is 0.351 e. The molecule has 0 aliphatic heterocycles. The van der Waals surface area contributed by atoms with Gasteiger partial charge in [0.25, 0.3) is 5.91 Å². The molecule has 3 heterocycles. The first kappa shape index (κ1) is 17.0. The third kappa shape index (κ3) is 2.76. The Balaban J connectivity index is 1.80. The molecule has 4 aromatic rings. The fourth-order valence-corrected chi connectivity index (χ4v) is 3.87. The second-order valence-electron chi connectivity index (χ2n) is 7.47. The van der Waals surface area contributed by atoms with Crippen LogP contribution in [0.2, 0.25) is 0 Å².